The fourth-order valence-corrected chi connectivity index (χ4v) is 2.36. The largest absolute Gasteiger partial charge is 0.507 e. The number of phenols is 1. The van der Waals surface area contributed by atoms with Crippen LogP contribution >= 0.6 is 11.8 Å². The zero-order valence-electron chi connectivity index (χ0n) is 9.04. The summed E-state index contributed by atoms with van der Waals surface area (Å²) in [6, 6.07) is 9.62. The second-order valence-electron chi connectivity index (χ2n) is 3.44. The number of halogens is 1. The fourth-order valence-electron chi connectivity index (χ4n) is 1.38. The van der Waals surface area contributed by atoms with Crippen LogP contribution in [-0.2, 0) is 0 Å². The van der Waals surface area contributed by atoms with E-state index in [1.165, 1.54) is 6.07 Å². The van der Waals surface area contributed by atoms with E-state index in [-0.39, 0.29) is 16.3 Å². The summed E-state index contributed by atoms with van der Waals surface area (Å²) >= 11 is 0.952. The fraction of sp³-hybridized carbons (Fsp3) is 0. The Morgan fingerprint density at radius 1 is 1.17 bits per heavy atom. The van der Waals surface area contributed by atoms with E-state index in [4.69, 9.17) is 0 Å². The summed E-state index contributed by atoms with van der Waals surface area (Å²) in [5.41, 5.74) is -0.190. The van der Waals surface area contributed by atoms with Crippen LogP contribution in [0.15, 0.2) is 52.3 Å². The Bertz CT molecular complexity index is 604. The predicted octanol–water partition coefficient (Wildman–Crippen LogP) is 3.59. The summed E-state index contributed by atoms with van der Waals surface area (Å²) in [6.07, 6.45) is 0. The molecule has 0 aliphatic rings. The summed E-state index contributed by atoms with van der Waals surface area (Å²) in [4.78, 5) is 10.8. The van der Waals surface area contributed by atoms with E-state index in [0.29, 0.717) is 4.90 Å². The van der Waals surface area contributed by atoms with Crippen molar-refractivity contribution in [2.75, 3.05) is 0 Å². The smallest absolute Gasteiger partial charge is 0.283 e. The molecule has 0 atom stereocenters. The monoisotopic (exact) mass is 265 g/mol. The molecule has 0 saturated carbocycles. The van der Waals surface area contributed by atoms with Crippen molar-refractivity contribution in [2.24, 2.45) is 0 Å². The molecule has 0 amide bonds. The summed E-state index contributed by atoms with van der Waals surface area (Å²) in [6.45, 7) is 0. The maximum atomic E-state index is 13.1. The molecule has 0 bridgehead atoms. The van der Waals surface area contributed by atoms with Crippen molar-refractivity contribution in [3.63, 3.8) is 0 Å². The topological polar surface area (TPSA) is 63.4 Å². The van der Waals surface area contributed by atoms with Crippen molar-refractivity contribution in [3.8, 4) is 5.75 Å². The second kappa shape index (κ2) is 5.05. The van der Waals surface area contributed by atoms with Gasteiger partial charge in [-0.15, -0.1) is 0 Å². The molecule has 92 valence electrons. The Morgan fingerprint density at radius 3 is 2.56 bits per heavy atom. The number of para-hydroxylation sites is 1. The van der Waals surface area contributed by atoms with Crippen molar-refractivity contribution >= 4 is 17.4 Å². The average Bonchev–Trinajstić information content (AvgIpc) is 2.32. The van der Waals surface area contributed by atoms with E-state index < -0.39 is 10.7 Å². The molecule has 0 unspecified atom stereocenters. The SMILES string of the molecule is O=[N+]([O-])c1ccc(F)cc1Sc1ccccc1O. The third-order valence-corrected chi connectivity index (χ3v) is 3.32. The maximum absolute atomic E-state index is 13.1. The van der Waals surface area contributed by atoms with Crippen molar-refractivity contribution in [3.05, 3.63) is 58.4 Å². The van der Waals surface area contributed by atoms with Crippen LogP contribution in [0.5, 0.6) is 5.75 Å². The first kappa shape index (κ1) is 12.4. The Hall–Kier alpha value is -2.08. The highest BCUT2D eigenvalue weighted by Crippen LogP contribution is 2.38. The molecule has 1 N–H and O–H groups in total. The minimum Gasteiger partial charge on any atom is -0.507 e. The molecule has 0 saturated heterocycles. The van der Waals surface area contributed by atoms with Gasteiger partial charge < -0.3 is 5.11 Å². The first-order valence-electron chi connectivity index (χ1n) is 4.97. The minimum absolute atomic E-state index is 0.000981. The Kier molecular flexibility index (Phi) is 3.47. The predicted molar refractivity (Wildman–Crippen MR) is 65.3 cm³/mol. The molecule has 4 nitrogen and oxygen atoms in total. The molecule has 0 aliphatic carbocycles. The molecule has 2 aromatic carbocycles. The van der Waals surface area contributed by atoms with Crippen LogP contribution in [0.25, 0.3) is 0 Å². The van der Waals surface area contributed by atoms with Crippen LogP contribution < -0.4 is 0 Å². The number of hydrogen-bond donors (Lipinski definition) is 1. The van der Waals surface area contributed by atoms with Crippen molar-refractivity contribution in [1.82, 2.24) is 0 Å². The van der Waals surface area contributed by atoms with Crippen molar-refractivity contribution in [2.45, 2.75) is 9.79 Å². The highest BCUT2D eigenvalue weighted by molar-refractivity contribution is 7.99. The number of rotatable bonds is 3. The second-order valence-corrected chi connectivity index (χ2v) is 4.52. The van der Waals surface area contributed by atoms with Gasteiger partial charge in [-0.25, -0.2) is 4.39 Å². The van der Waals surface area contributed by atoms with E-state index in [1.807, 2.05) is 0 Å². The lowest BCUT2D eigenvalue weighted by atomic mass is 10.3. The summed E-state index contributed by atoms with van der Waals surface area (Å²) in [7, 11) is 0. The van der Waals surface area contributed by atoms with Gasteiger partial charge in [0.25, 0.3) is 5.69 Å². The van der Waals surface area contributed by atoms with E-state index in [2.05, 4.69) is 0 Å². The maximum Gasteiger partial charge on any atom is 0.283 e. The molecule has 0 aromatic heterocycles. The van der Waals surface area contributed by atoms with Gasteiger partial charge in [-0.3, -0.25) is 10.1 Å². The third kappa shape index (κ3) is 2.60. The quantitative estimate of drug-likeness (QED) is 0.680. The van der Waals surface area contributed by atoms with Gasteiger partial charge in [0.1, 0.15) is 11.6 Å². The van der Waals surface area contributed by atoms with Gasteiger partial charge in [0.15, 0.2) is 0 Å². The molecule has 0 radical (unpaired) electrons. The summed E-state index contributed by atoms with van der Waals surface area (Å²) in [5.74, 6) is -0.556. The van der Waals surface area contributed by atoms with Crippen LogP contribution in [0, 0.1) is 15.9 Å². The molecule has 0 spiro atoms. The number of nitro groups is 1. The molecule has 2 aromatic rings. The molecular weight excluding hydrogens is 257 g/mol. The van der Waals surface area contributed by atoms with Gasteiger partial charge in [-0.2, -0.15) is 0 Å². The summed E-state index contributed by atoms with van der Waals surface area (Å²) < 4.78 is 13.1. The number of nitrogens with zero attached hydrogens (tertiary/aromatic N) is 1. The van der Waals surface area contributed by atoms with E-state index in [0.717, 1.165) is 30.0 Å². The lowest BCUT2D eigenvalue weighted by Crippen LogP contribution is -1.91. The van der Waals surface area contributed by atoms with Crippen molar-refractivity contribution < 1.29 is 14.4 Å². The molecule has 6 heteroatoms. The van der Waals surface area contributed by atoms with Crippen LogP contribution in [0.2, 0.25) is 0 Å². The minimum atomic E-state index is -0.582. The van der Waals surface area contributed by atoms with E-state index in [1.54, 1.807) is 18.2 Å². The van der Waals surface area contributed by atoms with Gasteiger partial charge in [0.05, 0.1) is 14.7 Å². The highest BCUT2D eigenvalue weighted by Gasteiger charge is 2.16. The lowest BCUT2D eigenvalue weighted by Gasteiger charge is -2.04. The number of benzene rings is 2. The zero-order chi connectivity index (χ0) is 13.1. The van der Waals surface area contributed by atoms with Crippen LogP contribution in [0.4, 0.5) is 10.1 Å². The Balaban J connectivity index is 2.42. The van der Waals surface area contributed by atoms with Gasteiger partial charge in [0, 0.05) is 6.07 Å². The van der Waals surface area contributed by atoms with Crippen LogP contribution in [0.1, 0.15) is 0 Å². The van der Waals surface area contributed by atoms with Gasteiger partial charge in [-0.05, 0) is 24.3 Å². The zero-order valence-corrected chi connectivity index (χ0v) is 9.86. The standard InChI is InChI=1S/C12H8FNO3S/c13-8-5-6-9(14(16)17)12(7-8)18-11-4-2-1-3-10(11)15/h1-7,15H. The van der Waals surface area contributed by atoms with Gasteiger partial charge in [0.2, 0.25) is 0 Å². The van der Waals surface area contributed by atoms with Crippen LogP contribution in [0.3, 0.4) is 0 Å². The Labute approximate surface area is 106 Å². The number of aromatic hydroxyl groups is 1. The van der Waals surface area contributed by atoms with Gasteiger partial charge >= 0.3 is 0 Å². The molecule has 18 heavy (non-hydrogen) atoms. The summed E-state index contributed by atoms with van der Waals surface area (Å²) in [5, 5.41) is 20.4. The molecule has 2 rings (SSSR count). The average molecular weight is 265 g/mol. The lowest BCUT2D eigenvalue weighted by molar-refractivity contribution is -0.387. The highest BCUT2D eigenvalue weighted by atomic mass is 32.2. The first-order valence-corrected chi connectivity index (χ1v) is 5.79. The number of hydrogen-bond acceptors (Lipinski definition) is 4. The third-order valence-electron chi connectivity index (χ3n) is 2.20. The van der Waals surface area contributed by atoms with E-state index in [9.17, 15) is 19.6 Å². The number of nitro benzene ring substituents is 1. The molecular formula is C12H8FNO3S. The van der Waals surface area contributed by atoms with Crippen molar-refractivity contribution in [1.29, 1.82) is 0 Å². The number of phenolic OH excluding ortho intramolecular Hbond substituents is 1. The molecule has 0 heterocycles. The first-order chi connectivity index (χ1) is 8.58. The van der Waals surface area contributed by atoms with Gasteiger partial charge in [-0.1, -0.05) is 23.9 Å². The molecule has 0 fully saturated rings. The normalized spacial score (nSPS) is 10.3. The van der Waals surface area contributed by atoms with E-state index >= 15 is 0 Å². The Morgan fingerprint density at radius 2 is 1.89 bits per heavy atom. The van der Waals surface area contributed by atoms with Crippen LogP contribution in [-0.4, -0.2) is 10.0 Å². The molecule has 0 aliphatic heterocycles.